The number of hydrazine groups is 1. The molecule has 0 radical (unpaired) electrons. The molecule has 2 N–H and O–H groups in total. The molecule has 1 aliphatic rings. The smallest absolute Gasteiger partial charge is 0.0468 e. The summed E-state index contributed by atoms with van der Waals surface area (Å²) < 4.78 is 0. The zero-order valence-corrected chi connectivity index (χ0v) is 9.42. The van der Waals surface area contributed by atoms with Gasteiger partial charge in [-0.1, -0.05) is 37.6 Å². The van der Waals surface area contributed by atoms with Crippen molar-refractivity contribution in [2.75, 3.05) is 6.54 Å². The summed E-state index contributed by atoms with van der Waals surface area (Å²) in [5.41, 5.74) is 9.72. The van der Waals surface area contributed by atoms with Gasteiger partial charge in [-0.25, -0.2) is 0 Å². The highest BCUT2D eigenvalue weighted by atomic mass is 15.4. The lowest BCUT2D eigenvalue weighted by atomic mass is 10.1. The Hall–Kier alpha value is -0.860. The topological polar surface area (TPSA) is 24.1 Å². The summed E-state index contributed by atoms with van der Waals surface area (Å²) in [7, 11) is 0. The molecule has 0 bridgehead atoms. The normalized spacial score (nSPS) is 19.1. The van der Waals surface area contributed by atoms with Gasteiger partial charge in [0.05, 0.1) is 0 Å². The molecular weight excluding hydrogens is 184 g/mol. The fraction of sp³-hybridized carbons (Fsp3) is 0.538. The summed E-state index contributed by atoms with van der Waals surface area (Å²) >= 11 is 0. The average molecular weight is 204 g/mol. The molecule has 2 rings (SSSR count). The lowest BCUT2D eigenvalue weighted by Gasteiger charge is -2.14. The van der Waals surface area contributed by atoms with Gasteiger partial charge in [-0.15, -0.1) is 0 Å². The van der Waals surface area contributed by atoms with Gasteiger partial charge < -0.3 is 0 Å². The summed E-state index contributed by atoms with van der Waals surface area (Å²) in [4.78, 5) is 0. The number of hydrogen-bond donors (Lipinski definition) is 2. The Morgan fingerprint density at radius 3 is 3.07 bits per heavy atom. The third-order valence-electron chi connectivity index (χ3n) is 3.06. The summed E-state index contributed by atoms with van der Waals surface area (Å²) in [5, 5.41) is 0. The highest BCUT2D eigenvalue weighted by Gasteiger charge is 2.20. The molecule has 1 aromatic rings. The second-order valence-corrected chi connectivity index (χ2v) is 4.21. The number of unbranched alkanes of at least 4 members (excludes halogenated alkanes) is 1. The van der Waals surface area contributed by atoms with E-state index in [0.717, 1.165) is 6.54 Å². The van der Waals surface area contributed by atoms with Gasteiger partial charge in [-0.3, -0.25) is 10.9 Å². The van der Waals surface area contributed by atoms with E-state index in [0.29, 0.717) is 6.04 Å². The van der Waals surface area contributed by atoms with Crippen LogP contribution in [0.3, 0.4) is 0 Å². The molecule has 0 fully saturated rings. The molecule has 82 valence electrons. The third-order valence-corrected chi connectivity index (χ3v) is 3.06. The lowest BCUT2D eigenvalue weighted by molar-refractivity contribution is 0.432. The first-order valence-electron chi connectivity index (χ1n) is 5.98. The minimum absolute atomic E-state index is 0.512. The van der Waals surface area contributed by atoms with E-state index in [-0.39, 0.29) is 0 Å². The van der Waals surface area contributed by atoms with E-state index in [4.69, 9.17) is 0 Å². The Kier molecular flexibility index (Phi) is 3.75. The first-order valence-corrected chi connectivity index (χ1v) is 5.98. The number of rotatable bonds is 5. The van der Waals surface area contributed by atoms with E-state index in [9.17, 15) is 0 Å². The molecule has 0 aromatic heterocycles. The van der Waals surface area contributed by atoms with Gasteiger partial charge in [0.2, 0.25) is 0 Å². The van der Waals surface area contributed by atoms with Crippen molar-refractivity contribution in [2.24, 2.45) is 0 Å². The fourth-order valence-corrected chi connectivity index (χ4v) is 2.17. The predicted octanol–water partition coefficient (Wildman–Crippen LogP) is 2.57. The third kappa shape index (κ3) is 2.58. The SMILES string of the molecule is CCCCNNC1CCc2ccccc21. The Bertz CT molecular complexity index is 309. The van der Waals surface area contributed by atoms with Crippen LogP contribution in [0.5, 0.6) is 0 Å². The number of fused-ring (bicyclic) bond motifs is 1. The van der Waals surface area contributed by atoms with Crippen LogP contribution in [0.4, 0.5) is 0 Å². The van der Waals surface area contributed by atoms with Crippen LogP contribution >= 0.6 is 0 Å². The molecule has 1 aromatic carbocycles. The largest absolute Gasteiger partial charge is 0.257 e. The number of aryl methyl sites for hydroxylation is 1. The monoisotopic (exact) mass is 204 g/mol. The molecule has 0 saturated carbocycles. The Morgan fingerprint density at radius 1 is 1.33 bits per heavy atom. The highest BCUT2D eigenvalue weighted by Crippen LogP contribution is 2.29. The second kappa shape index (κ2) is 5.29. The molecule has 15 heavy (non-hydrogen) atoms. The molecule has 1 aliphatic carbocycles. The lowest BCUT2D eigenvalue weighted by Crippen LogP contribution is -2.35. The van der Waals surface area contributed by atoms with Gasteiger partial charge in [0.15, 0.2) is 0 Å². The van der Waals surface area contributed by atoms with E-state index in [1.807, 2.05) is 0 Å². The summed E-state index contributed by atoms with van der Waals surface area (Å²) in [6, 6.07) is 9.25. The van der Waals surface area contributed by atoms with Crippen molar-refractivity contribution in [3.8, 4) is 0 Å². The number of nitrogens with one attached hydrogen (secondary N) is 2. The van der Waals surface area contributed by atoms with Crippen LogP contribution in [0, 0.1) is 0 Å². The Morgan fingerprint density at radius 2 is 2.20 bits per heavy atom. The van der Waals surface area contributed by atoms with Crippen molar-refractivity contribution in [3.05, 3.63) is 35.4 Å². The van der Waals surface area contributed by atoms with Crippen molar-refractivity contribution < 1.29 is 0 Å². The first kappa shape index (κ1) is 10.7. The van der Waals surface area contributed by atoms with Gasteiger partial charge in [-0.05, 0) is 30.4 Å². The van der Waals surface area contributed by atoms with E-state index >= 15 is 0 Å². The van der Waals surface area contributed by atoms with Crippen LogP contribution in [0.1, 0.15) is 43.4 Å². The summed E-state index contributed by atoms with van der Waals surface area (Å²) in [6.07, 6.45) is 4.92. The van der Waals surface area contributed by atoms with Crippen LogP contribution in [0.15, 0.2) is 24.3 Å². The van der Waals surface area contributed by atoms with Crippen molar-refractivity contribution >= 4 is 0 Å². The van der Waals surface area contributed by atoms with Crippen LogP contribution in [0.25, 0.3) is 0 Å². The Labute approximate surface area is 92.1 Å². The number of hydrogen-bond acceptors (Lipinski definition) is 2. The molecule has 0 aliphatic heterocycles. The molecule has 1 unspecified atom stereocenters. The summed E-state index contributed by atoms with van der Waals surface area (Å²) in [5.74, 6) is 0. The molecule has 2 nitrogen and oxygen atoms in total. The molecule has 0 spiro atoms. The maximum absolute atomic E-state index is 3.42. The minimum Gasteiger partial charge on any atom is -0.257 e. The van der Waals surface area contributed by atoms with Gasteiger partial charge in [0, 0.05) is 12.6 Å². The van der Waals surface area contributed by atoms with Crippen LogP contribution in [-0.2, 0) is 6.42 Å². The predicted molar refractivity (Wildman–Crippen MR) is 63.6 cm³/mol. The number of benzene rings is 1. The Balaban J connectivity index is 1.85. The van der Waals surface area contributed by atoms with Crippen LogP contribution in [-0.4, -0.2) is 6.54 Å². The van der Waals surface area contributed by atoms with E-state index in [1.54, 1.807) is 0 Å². The second-order valence-electron chi connectivity index (χ2n) is 4.21. The standard InChI is InChI=1S/C13H20N2/c1-2-3-10-14-15-13-9-8-11-6-4-5-7-12(11)13/h4-7,13-15H,2-3,8-10H2,1H3. The van der Waals surface area contributed by atoms with Gasteiger partial charge in [-0.2, -0.15) is 0 Å². The molecule has 0 amide bonds. The fourth-order valence-electron chi connectivity index (χ4n) is 2.17. The first-order chi connectivity index (χ1) is 7.42. The van der Waals surface area contributed by atoms with E-state index in [1.165, 1.54) is 36.8 Å². The van der Waals surface area contributed by atoms with Crippen LogP contribution in [0.2, 0.25) is 0 Å². The molecular formula is C13H20N2. The molecule has 2 heteroatoms. The van der Waals surface area contributed by atoms with Crippen LogP contribution < -0.4 is 10.9 Å². The van der Waals surface area contributed by atoms with Gasteiger partial charge in [0.25, 0.3) is 0 Å². The van der Waals surface area contributed by atoms with E-state index < -0.39 is 0 Å². The quantitative estimate of drug-likeness (QED) is 0.569. The molecule has 0 saturated heterocycles. The van der Waals surface area contributed by atoms with Crippen molar-refractivity contribution in [3.63, 3.8) is 0 Å². The molecule has 0 heterocycles. The van der Waals surface area contributed by atoms with Gasteiger partial charge in [0.1, 0.15) is 0 Å². The zero-order chi connectivity index (χ0) is 10.5. The summed E-state index contributed by atoms with van der Waals surface area (Å²) in [6.45, 7) is 3.28. The van der Waals surface area contributed by atoms with Crippen molar-refractivity contribution in [1.82, 2.24) is 10.9 Å². The van der Waals surface area contributed by atoms with Crippen molar-refractivity contribution in [1.29, 1.82) is 0 Å². The zero-order valence-electron chi connectivity index (χ0n) is 9.42. The highest BCUT2D eigenvalue weighted by molar-refractivity contribution is 5.34. The maximum atomic E-state index is 3.42. The molecule has 1 atom stereocenters. The average Bonchev–Trinajstić information content (AvgIpc) is 2.68. The van der Waals surface area contributed by atoms with Gasteiger partial charge >= 0.3 is 0 Å². The van der Waals surface area contributed by atoms with Crippen molar-refractivity contribution in [2.45, 2.75) is 38.6 Å². The maximum Gasteiger partial charge on any atom is 0.0468 e. The van der Waals surface area contributed by atoms with E-state index in [2.05, 4.69) is 42.0 Å². The minimum atomic E-state index is 0.512.